The maximum absolute atomic E-state index is 13.4. The van der Waals surface area contributed by atoms with E-state index < -0.39 is 0 Å². The highest BCUT2D eigenvalue weighted by atomic mass is 79.9. The van der Waals surface area contributed by atoms with Crippen LogP contribution in [-0.2, 0) is 6.54 Å². The number of carbonyl (C=O) groups is 1. The van der Waals surface area contributed by atoms with Crippen molar-refractivity contribution in [1.82, 2.24) is 4.57 Å². The van der Waals surface area contributed by atoms with Crippen molar-refractivity contribution in [3.8, 4) is 0 Å². The van der Waals surface area contributed by atoms with E-state index in [0.29, 0.717) is 23.0 Å². The first-order valence-corrected chi connectivity index (χ1v) is 6.53. The summed E-state index contributed by atoms with van der Waals surface area (Å²) < 4.78 is 15.7. The van der Waals surface area contributed by atoms with Crippen molar-refractivity contribution >= 4 is 21.7 Å². The van der Waals surface area contributed by atoms with E-state index in [9.17, 15) is 9.18 Å². The molecule has 0 saturated carbocycles. The van der Waals surface area contributed by atoms with Gasteiger partial charge in [-0.15, -0.1) is 0 Å². The molecule has 4 heteroatoms. The highest BCUT2D eigenvalue weighted by molar-refractivity contribution is 9.10. The van der Waals surface area contributed by atoms with Crippen LogP contribution < -0.4 is 0 Å². The highest BCUT2D eigenvalue weighted by Crippen LogP contribution is 2.21. The predicted molar refractivity (Wildman–Crippen MR) is 72.3 cm³/mol. The monoisotopic (exact) mass is 309 g/mol. The van der Waals surface area contributed by atoms with Crippen LogP contribution in [0.1, 0.15) is 29.3 Å². The summed E-state index contributed by atoms with van der Waals surface area (Å²) in [5, 5.41) is 0. The topological polar surface area (TPSA) is 22.0 Å². The summed E-state index contributed by atoms with van der Waals surface area (Å²) in [5.74, 6) is -0.156. The molecule has 94 valence electrons. The number of ketones is 1. The molecule has 2 aromatic rings. The second kappa shape index (κ2) is 5.48. The van der Waals surface area contributed by atoms with Crippen molar-refractivity contribution in [2.45, 2.75) is 19.9 Å². The molecule has 1 heterocycles. The van der Waals surface area contributed by atoms with E-state index in [1.165, 1.54) is 6.07 Å². The van der Waals surface area contributed by atoms with Gasteiger partial charge in [0.2, 0.25) is 0 Å². The average molecular weight is 310 g/mol. The van der Waals surface area contributed by atoms with Crippen molar-refractivity contribution in [3.63, 3.8) is 0 Å². The van der Waals surface area contributed by atoms with E-state index in [-0.39, 0.29) is 11.6 Å². The van der Waals surface area contributed by atoms with Gasteiger partial charge in [-0.25, -0.2) is 4.39 Å². The third kappa shape index (κ3) is 2.70. The Labute approximate surface area is 114 Å². The Morgan fingerprint density at radius 2 is 2.17 bits per heavy atom. The average Bonchev–Trinajstić information content (AvgIpc) is 2.82. The number of rotatable bonds is 4. The molecule has 2 nitrogen and oxygen atoms in total. The third-order valence-electron chi connectivity index (χ3n) is 2.78. The number of Topliss-reactive ketones (excluding diaryl/α,β-unsaturated/α-hetero) is 1. The van der Waals surface area contributed by atoms with Crippen LogP contribution in [0.4, 0.5) is 4.39 Å². The fraction of sp³-hybridized carbons (Fsp3) is 0.214. The molecule has 0 amide bonds. The Kier molecular flexibility index (Phi) is 3.97. The minimum absolute atomic E-state index is 0.118. The Hall–Kier alpha value is -1.42. The minimum Gasteiger partial charge on any atom is -0.349 e. The van der Waals surface area contributed by atoms with Gasteiger partial charge in [-0.1, -0.05) is 19.1 Å². The molecule has 0 atom stereocenters. The first kappa shape index (κ1) is 13.0. The molecule has 0 aliphatic carbocycles. The van der Waals surface area contributed by atoms with Gasteiger partial charge in [-0.05, 0) is 33.6 Å². The van der Waals surface area contributed by atoms with Gasteiger partial charge in [-0.2, -0.15) is 0 Å². The molecule has 0 aliphatic heterocycles. The standard InChI is InChI=1S/C14H13BrFNO/c1-2-13(18)10-6-7-17(8-10)9-11-4-3-5-12(16)14(11)15/h3-8H,2,9H2,1H3. The van der Waals surface area contributed by atoms with Crippen LogP contribution in [0.15, 0.2) is 41.1 Å². The van der Waals surface area contributed by atoms with Gasteiger partial charge >= 0.3 is 0 Å². The lowest BCUT2D eigenvalue weighted by molar-refractivity contribution is 0.0988. The van der Waals surface area contributed by atoms with Crippen LogP contribution in [0, 0.1) is 5.82 Å². The molecular formula is C14H13BrFNO. The number of hydrogen-bond acceptors (Lipinski definition) is 1. The lowest BCUT2D eigenvalue weighted by Crippen LogP contribution is -1.99. The van der Waals surface area contributed by atoms with Gasteiger partial charge in [0.1, 0.15) is 5.82 Å². The number of carbonyl (C=O) groups excluding carboxylic acids is 1. The van der Waals surface area contributed by atoms with Crippen molar-refractivity contribution in [2.75, 3.05) is 0 Å². The lowest BCUT2D eigenvalue weighted by Gasteiger charge is -2.06. The van der Waals surface area contributed by atoms with Gasteiger partial charge in [0.25, 0.3) is 0 Å². The summed E-state index contributed by atoms with van der Waals surface area (Å²) in [4.78, 5) is 11.5. The van der Waals surface area contributed by atoms with Crippen molar-refractivity contribution in [1.29, 1.82) is 0 Å². The second-order valence-corrected chi connectivity index (χ2v) is 4.86. The van der Waals surface area contributed by atoms with E-state index in [1.807, 2.05) is 23.8 Å². The van der Waals surface area contributed by atoms with Gasteiger partial charge in [0.05, 0.1) is 4.47 Å². The zero-order valence-electron chi connectivity index (χ0n) is 9.99. The molecular weight excluding hydrogens is 297 g/mol. The van der Waals surface area contributed by atoms with E-state index in [0.717, 1.165) is 5.56 Å². The molecule has 0 spiro atoms. The summed E-state index contributed by atoms with van der Waals surface area (Å²) in [6, 6.07) is 6.74. The molecule has 0 radical (unpaired) electrons. The van der Waals surface area contributed by atoms with Gasteiger partial charge in [-0.3, -0.25) is 4.79 Å². The molecule has 1 aromatic heterocycles. The smallest absolute Gasteiger partial charge is 0.164 e. The SMILES string of the molecule is CCC(=O)c1ccn(Cc2cccc(F)c2Br)c1. The Morgan fingerprint density at radius 3 is 2.89 bits per heavy atom. The summed E-state index contributed by atoms with van der Waals surface area (Å²) in [6.45, 7) is 2.37. The van der Waals surface area contributed by atoms with E-state index in [4.69, 9.17) is 0 Å². The van der Waals surface area contributed by atoms with Crippen LogP contribution >= 0.6 is 15.9 Å². The first-order valence-electron chi connectivity index (χ1n) is 5.73. The molecule has 0 unspecified atom stereocenters. The van der Waals surface area contributed by atoms with Crippen LogP contribution in [-0.4, -0.2) is 10.4 Å². The Balaban J connectivity index is 2.21. The highest BCUT2D eigenvalue weighted by Gasteiger charge is 2.08. The predicted octanol–water partition coefficient (Wildman–Crippen LogP) is 4.03. The summed E-state index contributed by atoms with van der Waals surface area (Å²) in [5.41, 5.74) is 1.55. The second-order valence-electron chi connectivity index (χ2n) is 4.06. The van der Waals surface area contributed by atoms with Crippen LogP contribution in [0.3, 0.4) is 0 Å². The number of aromatic nitrogens is 1. The van der Waals surface area contributed by atoms with Crippen LogP contribution in [0.25, 0.3) is 0 Å². The first-order chi connectivity index (χ1) is 8.61. The quantitative estimate of drug-likeness (QED) is 0.782. The maximum atomic E-state index is 13.4. The molecule has 0 bridgehead atoms. The molecule has 0 fully saturated rings. The molecule has 2 rings (SSSR count). The zero-order valence-corrected chi connectivity index (χ0v) is 11.6. The zero-order chi connectivity index (χ0) is 13.1. The van der Waals surface area contributed by atoms with E-state index >= 15 is 0 Å². The fourth-order valence-electron chi connectivity index (χ4n) is 1.78. The van der Waals surface area contributed by atoms with E-state index in [2.05, 4.69) is 15.9 Å². The Morgan fingerprint density at radius 1 is 1.39 bits per heavy atom. The van der Waals surface area contributed by atoms with Crippen molar-refractivity contribution < 1.29 is 9.18 Å². The molecule has 0 saturated heterocycles. The summed E-state index contributed by atoms with van der Waals surface area (Å²) >= 11 is 3.23. The fourth-order valence-corrected chi connectivity index (χ4v) is 2.17. The third-order valence-corrected chi connectivity index (χ3v) is 3.67. The number of nitrogens with zero attached hydrogens (tertiary/aromatic N) is 1. The molecule has 1 aromatic carbocycles. The minimum atomic E-state index is -0.274. The van der Waals surface area contributed by atoms with Crippen LogP contribution in [0.5, 0.6) is 0 Å². The van der Waals surface area contributed by atoms with Gasteiger partial charge in [0.15, 0.2) is 5.78 Å². The molecule has 18 heavy (non-hydrogen) atoms. The van der Waals surface area contributed by atoms with Crippen molar-refractivity contribution in [3.05, 3.63) is 58.1 Å². The van der Waals surface area contributed by atoms with Gasteiger partial charge in [0, 0.05) is 30.9 Å². The summed E-state index contributed by atoms with van der Waals surface area (Å²) in [6.07, 6.45) is 4.12. The number of halogens is 2. The maximum Gasteiger partial charge on any atom is 0.164 e. The van der Waals surface area contributed by atoms with Crippen LogP contribution in [0.2, 0.25) is 0 Å². The molecule has 0 N–H and O–H groups in total. The largest absolute Gasteiger partial charge is 0.349 e. The van der Waals surface area contributed by atoms with Crippen molar-refractivity contribution in [2.24, 2.45) is 0 Å². The number of hydrogen-bond donors (Lipinski definition) is 0. The normalized spacial score (nSPS) is 10.6. The summed E-state index contributed by atoms with van der Waals surface area (Å²) in [7, 11) is 0. The Bertz CT molecular complexity index is 577. The van der Waals surface area contributed by atoms with Gasteiger partial charge < -0.3 is 4.57 Å². The lowest BCUT2D eigenvalue weighted by atomic mass is 10.2. The van der Waals surface area contributed by atoms with E-state index in [1.54, 1.807) is 18.3 Å². The molecule has 0 aliphatic rings. The number of benzene rings is 1.